The summed E-state index contributed by atoms with van der Waals surface area (Å²) in [5, 5.41) is 2.90. The Hall–Kier alpha value is -1.52. The van der Waals surface area contributed by atoms with E-state index in [4.69, 9.17) is 11.6 Å². The Morgan fingerprint density at radius 1 is 1.30 bits per heavy atom. The molecule has 0 heterocycles. The van der Waals surface area contributed by atoms with Gasteiger partial charge in [-0.05, 0) is 36.8 Å². The molecule has 1 amide bonds. The molecule has 0 saturated heterocycles. The number of hydrogen-bond donors (Lipinski definition) is 1. The molecule has 0 atom stereocenters. The number of benzene rings is 2. The number of rotatable bonds is 4. The van der Waals surface area contributed by atoms with Crippen LogP contribution in [0.3, 0.4) is 0 Å². The molecule has 2 aromatic rings. The third-order valence-electron chi connectivity index (χ3n) is 2.65. The van der Waals surface area contributed by atoms with Gasteiger partial charge in [-0.15, -0.1) is 11.8 Å². The minimum atomic E-state index is -0.497. The van der Waals surface area contributed by atoms with Crippen molar-refractivity contribution in [2.75, 3.05) is 11.1 Å². The molecule has 0 fully saturated rings. The molecule has 2 rings (SSSR count). The van der Waals surface area contributed by atoms with E-state index in [-0.39, 0.29) is 17.3 Å². The maximum Gasteiger partial charge on any atom is 0.234 e. The zero-order chi connectivity index (χ0) is 14.5. The second-order valence-electron chi connectivity index (χ2n) is 4.23. The second kappa shape index (κ2) is 6.77. The first-order valence-corrected chi connectivity index (χ1v) is 7.36. The average molecular weight is 310 g/mol. The van der Waals surface area contributed by atoms with Crippen LogP contribution in [0.1, 0.15) is 5.56 Å². The molecule has 104 valence electrons. The van der Waals surface area contributed by atoms with E-state index in [9.17, 15) is 9.18 Å². The van der Waals surface area contributed by atoms with Crippen molar-refractivity contribution < 1.29 is 9.18 Å². The predicted molar refractivity (Wildman–Crippen MR) is 81.9 cm³/mol. The highest BCUT2D eigenvalue weighted by Gasteiger charge is 2.09. The lowest BCUT2D eigenvalue weighted by Gasteiger charge is -2.08. The van der Waals surface area contributed by atoms with Gasteiger partial charge in [-0.25, -0.2) is 4.39 Å². The van der Waals surface area contributed by atoms with Gasteiger partial charge in [-0.3, -0.25) is 4.79 Å². The number of nitrogens with one attached hydrogen (secondary N) is 1. The summed E-state index contributed by atoms with van der Waals surface area (Å²) in [6, 6.07) is 11.9. The molecule has 0 aliphatic rings. The Morgan fingerprint density at radius 2 is 2.05 bits per heavy atom. The molecule has 0 saturated carbocycles. The molecule has 0 radical (unpaired) electrons. The summed E-state index contributed by atoms with van der Waals surface area (Å²) in [5.74, 6) is -0.542. The van der Waals surface area contributed by atoms with E-state index < -0.39 is 5.82 Å². The summed E-state index contributed by atoms with van der Waals surface area (Å²) in [6.45, 7) is 1.98. The topological polar surface area (TPSA) is 29.1 Å². The molecular weight excluding hydrogens is 297 g/mol. The highest BCUT2D eigenvalue weighted by molar-refractivity contribution is 8.00. The number of carbonyl (C=O) groups is 1. The number of amides is 1. The van der Waals surface area contributed by atoms with E-state index in [1.165, 1.54) is 30.0 Å². The summed E-state index contributed by atoms with van der Waals surface area (Å²) < 4.78 is 13.5. The van der Waals surface area contributed by atoms with Crippen LogP contribution in [0.4, 0.5) is 10.1 Å². The van der Waals surface area contributed by atoms with Crippen LogP contribution in [0.15, 0.2) is 47.4 Å². The van der Waals surface area contributed by atoms with Gasteiger partial charge in [-0.2, -0.15) is 0 Å². The minimum Gasteiger partial charge on any atom is -0.323 e. The van der Waals surface area contributed by atoms with Crippen LogP contribution in [-0.2, 0) is 4.79 Å². The first-order valence-electron chi connectivity index (χ1n) is 5.99. The smallest absolute Gasteiger partial charge is 0.234 e. The molecule has 0 aromatic heterocycles. The summed E-state index contributed by atoms with van der Waals surface area (Å²) in [6.07, 6.45) is 0. The highest BCUT2D eigenvalue weighted by Crippen LogP contribution is 2.23. The Kier molecular flexibility index (Phi) is 5.04. The second-order valence-corrected chi connectivity index (χ2v) is 5.68. The van der Waals surface area contributed by atoms with Gasteiger partial charge in [0.25, 0.3) is 0 Å². The molecule has 1 N–H and O–H groups in total. The molecule has 0 aliphatic heterocycles. The van der Waals surface area contributed by atoms with E-state index >= 15 is 0 Å². The monoisotopic (exact) mass is 309 g/mol. The van der Waals surface area contributed by atoms with E-state index in [0.29, 0.717) is 5.02 Å². The molecular formula is C15H13ClFNOS. The highest BCUT2D eigenvalue weighted by atomic mass is 35.5. The number of hydrogen-bond acceptors (Lipinski definition) is 2. The first-order chi connectivity index (χ1) is 9.56. The Balaban J connectivity index is 1.96. The fraction of sp³-hybridized carbons (Fsp3) is 0.133. The van der Waals surface area contributed by atoms with Crippen molar-refractivity contribution in [1.82, 2.24) is 0 Å². The molecule has 0 aliphatic carbocycles. The molecule has 2 nitrogen and oxygen atoms in total. The molecule has 5 heteroatoms. The maximum atomic E-state index is 13.5. The van der Waals surface area contributed by atoms with Gasteiger partial charge in [0.1, 0.15) is 5.82 Å². The van der Waals surface area contributed by atoms with Crippen molar-refractivity contribution >= 4 is 35.0 Å². The van der Waals surface area contributed by atoms with Gasteiger partial charge in [0, 0.05) is 9.92 Å². The molecule has 2 aromatic carbocycles. The predicted octanol–water partition coefficient (Wildman–Crippen LogP) is 4.52. The fourth-order valence-corrected chi connectivity index (χ4v) is 2.64. The minimum absolute atomic E-state index is 0.105. The Bertz CT molecular complexity index is 633. The standard InChI is InChI=1S/C15H13ClFNOS/c1-10-4-2-3-5-14(10)20-9-15(19)18-13-8-11(16)6-7-12(13)17/h2-8H,9H2,1H3,(H,18,19). The van der Waals surface area contributed by atoms with Crippen LogP contribution >= 0.6 is 23.4 Å². The molecule has 0 bridgehead atoms. The number of carbonyl (C=O) groups excluding carboxylic acids is 1. The van der Waals surface area contributed by atoms with Crippen LogP contribution in [0.2, 0.25) is 5.02 Å². The van der Waals surface area contributed by atoms with Crippen molar-refractivity contribution in [2.24, 2.45) is 0 Å². The van der Waals surface area contributed by atoms with Gasteiger partial charge in [0.2, 0.25) is 5.91 Å². The molecule has 20 heavy (non-hydrogen) atoms. The first kappa shape index (κ1) is 14.9. The Morgan fingerprint density at radius 3 is 2.80 bits per heavy atom. The average Bonchev–Trinajstić information content (AvgIpc) is 2.42. The number of aryl methyl sites for hydroxylation is 1. The quantitative estimate of drug-likeness (QED) is 0.841. The van der Waals surface area contributed by atoms with Gasteiger partial charge in [0.15, 0.2) is 0 Å². The van der Waals surface area contributed by atoms with Crippen molar-refractivity contribution in [2.45, 2.75) is 11.8 Å². The normalized spacial score (nSPS) is 10.3. The Labute approximate surface area is 126 Å². The lowest BCUT2D eigenvalue weighted by Crippen LogP contribution is -2.15. The summed E-state index contributed by atoms with van der Waals surface area (Å²) >= 11 is 7.19. The SMILES string of the molecule is Cc1ccccc1SCC(=O)Nc1cc(Cl)ccc1F. The van der Waals surface area contributed by atoms with Gasteiger partial charge < -0.3 is 5.32 Å². The van der Waals surface area contributed by atoms with E-state index in [0.717, 1.165) is 10.5 Å². The van der Waals surface area contributed by atoms with Crippen LogP contribution in [0, 0.1) is 12.7 Å². The number of anilines is 1. The molecule has 0 unspecified atom stereocenters. The van der Waals surface area contributed by atoms with Gasteiger partial charge in [0.05, 0.1) is 11.4 Å². The number of thioether (sulfide) groups is 1. The zero-order valence-corrected chi connectivity index (χ0v) is 12.4. The largest absolute Gasteiger partial charge is 0.323 e. The van der Waals surface area contributed by atoms with Crippen LogP contribution in [0.25, 0.3) is 0 Å². The lowest BCUT2D eigenvalue weighted by molar-refractivity contribution is -0.113. The number of halogens is 2. The maximum absolute atomic E-state index is 13.5. The van der Waals surface area contributed by atoms with Crippen molar-refractivity contribution in [3.8, 4) is 0 Å². The van der Waals surface area contributed by atoms with Gasteiger partial charge in [-0.1, -0.05) is 29.8 Å². The zero-order valence-electron chi connectivity index (χ0n) is 10.8. The third-order valence-corrected chi connectivity index (χ3v) is 4.07. The van der Waals surface area contributed by atoms with E-state index in [1.807, 2.05) is 31.2 Å². The van der Waals surface area contributed by atoms with Crippen molar-refractivity contribution in [1.29, 1.82) is 0 Å². The van der Waals surface area contributed by atoms with Crippen LogP contribution in [-0.4, -0.2) is 11.7 Å². The molecule has 0 spiro atoms. The lowest BCUT2D eigenvalue weighted by atomic mass is 10.2. The van der Waals surface area contributed by atoms with Crippen molar-refractivity contribution in [3.05, 3.63) is 58.9 Å². The fourth-order valence-electron chi connectivity index (χ4n) is 1.64. The third kappa shape index (κ3) is 3.99. The van der Waals surface area contributed by atoms with Crippen LogP contribution < -0.4 is 5.32 Å². The summed E-state index contributed by atoms with van der Waals surface area (Å²) in [7, 11) is 0. The van der Waals surface area contributed by atoms with Crippen molar-refractivity contribution in [3.63, 3.8) is 0 Å². The van der Waals surface area contributed by atoms with Crippen LogP contribution in [0.5, 0.6) is 0 Å². The summed E-state index contributed by atoms with van der Waals surface area (Å²) in [5.41, 5.74) is 1.21. The summed E-state index contributed by atoms with van der Waals surface area (Å²) in [4.78, 5) is 12.9. The van der Waals surface area contributed by atoms with E-state index in [1.54, 1.807) is 0 Å². The van der Waals surface area contributed by atoms with Gasteiger partial charge >= 0.3 is 0 Å². The van der Waals surface area contributed by atoms with E-state index in [2.05, 4.69) is 5.32 Å².